The average Bonchev–Trinajstić information content (AvgIpc) is 2.96. The first-order valence-electron chi connectivity index (χ1n) is 11.3. The number of Topliss-reactive ketones (excluding diaryl/α,β-unsaturated/α-hetero) is 1. The SMILES string of the molecule is CC(=O)c1ccc(N2CCN(CN3C(=O)NC4(CCCCCCC4)C3=O)CC2)c(F)c1. The quantitative estimate of drug-likeness (QED) is 0.587. The van der Waals surface area contributed by atoms with Crippen molar-refractivity contribution in [2.75, 3.05) is 37.7 Å². The number of halogens is 1. The molecule has 0 radical (unpaired) electrons. The summed E-state index contributed by atoms with van der Waals surface area (Å²) < 4.78 is 14.5. The van der Waals surface area contributed by atoms with Crippen molar-refractivity contribution in [1.82, 2.24) is 15.1 Å². The minimum absolute atomic E-state index is 0.0901. The summed E-state index contributed by atoms with van der Waals surface area (Å²) in [5.41, 5.74) is 0.121. The van der Waals surface area contributed by atoms with Crippen molar-refractivity contribution in [3.8, 4) is 0 Å². The fraction of sp³-hybridized carbons (Fsp3) is 0.609. The zero-order valence-electron chi connectivity index (χ0n) is 18.2. The first kappa shape index (κ1) is 21.7. The Balaban J connectivity index is 1.36. The molecule has 1 aromatic rings. The van der Waals surface area contributed by atoms with Crippen LogP contribution >= 0.6 is 0 Å². The van der Waals surface area contributed by atoms with E-state index in [1.165, 1.54) is 24.3 Å². The number of imide groups is 1. The Bertz CT molecular complexity index is 858. The number of amides is 3. The third kappa shape index (κ3) is 4.44. The van der Waals surface area contributed by atoms with Crippen LogP contribution in [0.4, 0.5) is 14.9 Å². The van der Waals surface area contributed by atoms with E-state index in [4.69, 9.17) is 0 Å². The molecule has 1 aliphatic carbocycles. The fourth-order valence-corrected chi connectivity index (χ4v) is 4.96. The summed E-state index contributed by atoms with van der Waals surface area (Å²) in [4.78, 5) is 42.6. The highest BCUT2D eigenvalue weighted by atomic mass is 19.1. The van der Waals surface area contributed by atoms with Gasteiger partial charge in [-0.25, -0.2) is 14.1 Å². The normalized spacial score (nSPS) is 22.4. The Morgan fingerprint density at radius 1 is 1.03 bits per heavy atom. The molecule has 31 heavy (non-hydrogen) atoms. The van der Waals surface area contributed by atoms with Gasteiger partial charge in [0.15, 0.2) is 5.78 Å². The second-order valence-electron chi connectivity index (χ2n) is 8.98. The lowest BCUT2D eigenvalue weighted by molar-refractivity contribution is -0.133. The molecule has 8 heteroatoms. The van der Waals surface area contributed by atoms with E-state index in [0.29, 0.717) is 37.4 Å². The number of anilines is 1. The maximum atomic E-state index is 14.5. The zero-order valence-corrected chi connectivity index (χ0v) is 18.2. The molecule has 0 aromatic heterocycles. The van der Waals surface area contributed by atoms with Gasteiger partial charge in [-0.2, -0.15) is 0 Å². The van der Waals surface area contributed by atoms with E-state index < -0.39 is 11.4 Å². The van der Waals surface area contributed by atoms with Gasteiger partial charge in [-0.3, -0.25) is 14.5 Å². The lowest BCUT2D eigenvalue weighted by Crippen LogP contribution is -2.52. The van der Waals surface area contributed by atoms with Crippen molar-refractivity contribution in [1.29, 1.82) is 0 Å². The zero-order chi connectivity index (χ0) is 22.0. The van der Waals surface area contributed by atoms with Crippen molar-refractivity contribution >= 4 is 23.4 Å². The third-order valence-corrected chi connectivity index (χ3v) is 6.86. The number of nitrogens with one attached hydrogen (secondary N) is 1. The van der Waals surface area contributed by atoms with E-state index in [1.807, 2.05) is 4.90 Å². The summed E-state index contributed by atoms with van der Waals surface area (Å²) >= 11 is 0. The molecule has 1 aromatic carbocycles. The van der Waals surface area contributed by atoms with Gasteiger partial charge in [-0.15, -0.1) is 0 Å². The molecule has 7 nitrogen and oxygen atoms in total. The first-order chi connectivity index (χ1) is 14.9. The molecule has 2 saturated heterocycles. The molecule has 1 N–H and O–H groups in total. The van der Waals surface area contributed by atoms with Crippen LogP contribution in [-0.4, -0.2) is 65.9 Å². The Labute approximate surface area is 182 Å². The Morgan fingerprint density at radius 2 is 1.68 bits per heavy atom. The first-order valence-corrected chi connectivity index (χ1v) is 11.3. The number of carbonyl (C=O) groups is 3. The second kappa shape index (κ2) is 8.94. The lowest BCUT2D eigenvalue weighted by atomic mass is 9.84. The molecule has 2 heterocycles. The number of rotatable bonds is 4. The molecule has 1 saturated carbocycles. The van der Waals surface area contributed by atoms with E-state index in [1.54, 1.807) is 12.1 Å². The molecule has 0 atom stereocenters. The molecule has 4 rings (SSSR count). The molecule has 3 amide bonds. The summed E-state index contributed by atoms with van der Waals surface area (Å²) in [5.74, 6) is -0.653. The predicted octanol–water partition coefficient (Wildman–Crippen LogP) is 3.14. The number of hydrogen-bond acceptors (Lipinski definition) is 5. The standard InChI is InChI=1S/C23H31FN4O3/c1-17(29)18-7-8-20(19(24)15-18)27-13-11-26(12-14-27)16-28-21(30)23(25-22(28)31)9-5-3-2-4-6-10-23/h7-8,15H,2-6,9-14,16H2,1H3,(H,25,31). The van der Waals surface area contributed by atoms with Crippen molar-refractivity contribution in [3.05, 3.63) is 29.6 Å². The largest absolute Gasteiger partial charge is 0.367 e. The van der Waals surface area contributed by atoms with E-state index in [2.05, 4.69) is 10.2 Å². The Kier molecular flexibility index (Phi) is 6.27. The number of ketones is 1. The van der Waals surface area contributed by atoms with E-state index in [0.717, 1.165) is 38.5 Å². The van der Waals surface area contributed by atoms with Gasteiger partial charge in [0, 0.05) is 31.7 Å². The highest BCUT2D eigenvalue weighted by molar-refractivity contribution is 6.07. The van der Waals surface area contributed by atoms with Crippen LogP contribution in [0, 0.1) is 5.82 Å². The number of hydrogen-bond donors (Lipinski definition) is 1. The van der Waals surface area contributed by atoms with Gasteiger partial charge >= 0.3 is 6.03 Å². The van der Waals surface area contributed by atoms with Crippen LogP contribution in [0.25, 0.3) is 0 Å². The lowest BCUT2D eigenvalue weighted by Gasteiger charge is -2.37. The molecule has 168 valence electrons. The monoisotopic (exact) mass is 430 g/mol. The van der Waals surface area contributed by atoms with Crippen LogP contribution in [0.2, 0.25) is 0 Å². The Morgan fingerprint density at radius 3 is 2.29 bits per heavy atom. The van der Waals surface area contributed by atoms with Crippen LogP contribution < -0.4 is 10.2 Å². The molecular weight excluding hydrogens is 399 g/mol. The summed E-state index contributed by atoms with van der Waals surface area (Å²) in [7, 11) is 0. The summed E-state index contributed by atoms with van der Waals surface area (Å²) in [5, 5.41) is 3.01. The third-order valence-electron chi connectivity index (χ3n) is 6.86. The molecule has 3 fully saturated rings. The van der Waals surface area contributed by atoms with Gasteiger partial charge in [0.05, 0.1) is 12.4 Å². The molecule has 1 spiro atoms. The van der Waals surface area contributed by atoms with E-state index in [-0.39, 0.29) is 24.4 Å². The maximum Gasteiger partial charge on any atom is 0.326 e. The van der Waals surface area contributed by atoms with Crippen molar-refractivity contribution in [2.45, 2.75) is 57.4 Å². The van der Waals surface area contributed by atoms with Crippen molar-refractivity contribution in [2.24, 2.45) is 0 Å². The van der Waals surface area contributed by atoms with Gasteiger partial charge in [-0.05, 0) is 38.0 Å². The Hall–Kier alpha value is -2.48. The van der Waals surface area contributed by atoms with Crippen molar-refractivity contribution < 1.29 is 18.8 Å². The topological polar surface area (TPSA) is 73.0 Å². The summed E-state index contributed by atoms with van der Waals surface area (Å²) in [6, 6.07) is 4.29. The van der Waals surface area contributed by atoms with Gasteiger partial charge in [0.1, 0.15) is 11.4 Å². The molecule has 3 aliphatic rings. The minimum Gasteiger partial charge on any atom is -0.367 e. The van der Waals surface area contributed by atoms with Crippen LogP contribution in [0.5, 0.6) is 0 Å². The molecular formula is C23H31FN4O3. The van der Waals surface area contributed by atoms with Gasteiger partial charge in [-0.1, -0.05) is 32.1 Å². The fourth-order valence-electron chi connectivity index (χ4n) is 4.96. The van der Waals surface area contributed by atoms with Crippen LogP contribution in [0.15, 0.2) is 18.2 Å². The smallest absolute Gasteiger partial charge is 0.326 e. The summed E-state index contributed by atoms with van der Waals surface area (Å²) in [6.45, 7) is 4.11. The van der Waals surface area contributed by atoms with Gasteiger partial charge in [0.25, 0.3) is 5.91 Å². The maximum absolute atomic E-state index is 14.5. The van der Waals surface area contributed by atoms with Crippen molar-refractivity contribution in [3.63, 3.8) is 0 Å². The average molecular weight is 431 g/mol. The number of nitrogens with zero attached hydrogens (tertiary/aromatic N) is 3. The predicted molar refractivity (Wildman–Crippen MR) is 115 cm³/mol. The highest BCUT2D eigenvalue weighted by Crippen LogP contribution is 2.32. The number of piperazine rings is 1. The number of urea groups is 1. The number of benzene rings is 1. The summed E-state index contributed by atoms with van der Waals surface area (Å²) in [6.07, 6.45) is 6.78. The van der Waals surface area contributed by atoms with E-state index in [9.17, 15) is 18.8 Å². The molecule has 0 unspecified atom stereocenters. The van der Waals surface area contributed by atoms with Gasteiger partial charge in [0.2, 0.25) is 0 Å². The second-order valence-corrected chi connectivity index (χ2v) is 8.98. The van der Waals surface area contributed by atoms with Crippen LogP contribution in [-0.2, 0) is 4.79 Å². The van der Waals surface area contributed by atoms with Gasteiger partial charge < -0.3 is 10.2 Å². The van der Waals surface area contributed by atoms with E-state index >= 15 is 0 Å². The molecule has 2 aliphatic heterocycles. The number of carbonyl (C=O) groups excluding carboxylic acids is 3. The minimum atomic E-state index is -0.721. The molecule has 0 bridgehead atoms. The van der Waals surface area contributed by atoms with Crippen LogP contribution in [0.3, 0.4) is 0 Å². The van der Waals surface area contributed by atoms with Crippen LogP contribution in [0.1, 0.15) is 62.2 Å². The highest BCUT2D eigenvalue weighted by Gasteiger charge is 2.50.